The molecule has 0 aromatic heterocycles. The molecule has 156 valence electrons. The molecule has 1 amide bonds. The van der Waals surface area contributed by atoms with E-state index >= 15 is 0 Å². The number of hydrogen-bond acceptors (Lipinski definition) is 4. The minimum absolute atomic E-state index is 0.0375. The number of nitrogens with one attached hydrogen (secondary N) is 1. The number of benzene rings is 2. The van der Waals surface area contributed by atoms with Crippen LogP contribution >= 0.6 is 0 Å². The molecule has 3 rings (SSSR count). The number of rotatable bonds is 7. The van der Waals surface area contributed by atoms with E-state index in [1.807, 2.05) is 26.0 Å². The van der Waals surface area contributed by atoms with Crippen molar-refractivity contribution in [3.63, 3.8) is 0 Å². The summed E-state index contributed by atoms with van der Waals surface area (Å²) in [5.74, 6) is 0.702. The van der Waals surface area contributed by atoms with Crippen molar-refractivity contribution in [2.45, 2.75) is 44.0 Å². The maximum absolute atomic E-state index is 12.7. The normalized spacial score (nSPS) is 15.3. The van der Waals surface area contributed by atoms with Gasteiger partial charge in [0.15, 0.2) is 0 Å². The SMILES string of the molecule is CCOc1ccc(C(=O)N2CCC(NS(=O)(=O)c3ccc(CC)cc3)CC2)cc1. The molecule has 0 atom stereocenters. The summed E-state index contributed by atoms with van der Waals surface area (Å²) in [6, 6.07) is 13.9. The molecule has 1 fully saturated rings. The lowest BCUT2D eigenvalue weighted by Crippen LogP contribution is -2.46. The monoisotopic (exact) mass is 416 g/mol. The molecule has 1 aliphatic rings. The lowest BCUT2D eigenvalue weighted by Gasteiger charge is -2.32. The van der Waals surface area contributed by atoms with Crippen molar-refractivity contribution in [2.24, 2.45) is 0 Å². The molecule has 1 aliphatic heterocycles. The van der Waals surface area contributed by atoms with Crippen molar-refractivity contribution in [3.05, 3.63) is 59.7 Å². The van der Waals surface area contributed by atoms with Gasteiger partial charge in [0.25, 0.3) is 5.91 Å². The maximum atomic E-state index is 12.7. The van der Waals surface area contributed by atoms with Crippen LogP contribution in [-0.2, 0) is 16.4 Å². The highest BCUT2D eigenvalue weighted by Crippen LogP contribution is 2.19. The van der Waals surface area contributed by atoms with E-state index in [2.05, 4.69) is 4.72 Å². The zero-order valence-corrected chi connectivity index (χ0v) is 17.7. The van der Waals surface area contributed by atoms with Gasteiger partial charge >= 0.3 is 0 Å². The quantitative estimate of drug-likeness (QED) is 0.752. The molecule has 0 bridgehead atoms. The predicted molar refractivity (Wildman–Crippen MR) is 113 cm³/mol. The highest BCUT2D eigenvalue weighted by Gasteiger charge is 2.27. The zero-order chi connectivity index (χ0) is 20.9. The van der Waals surface area contributed by atoms with Crippen LogP contribution in [0.3, 0.4) is 0 Å². The fourth-order valence-electron chi connectivity index (χ4n) is 3.44. The Morgan fingerprint density at radius 1 is 1.03 bits per heavy atom. The summed E-state index contributed by atoms with van der Waals surface area (Å²) in [6.07, 6.45) is 2.05. The number of hydrogen-bond donors (Lipinski definition) is 1. The summed E-state index contributed by atoms with van der Waals surface area (Å²) in [5.41, 5.74) is 1.72. The minimum Gasteiger partial charge on any atom is -0.494 e. The highest BCUT2D eigenvalue weighted by molar-refractivity contribution is 7.89. The Kier molecular flexibility index (Phi) is 6.92. The van der Waals surface area contributed by atoms with Gasteiger partial charge in [-0.25, -0.2) is 13.1 Å². The number of aryl methyl sites for hydroxylation is 1. The molecule has 29 heavy (non-hydrogen) atoms. The Morgan fingerprint density at radius 2 is 1.66 bits per heavy atom. The van der Waals surface area contributed by atoms with Crippen LogP contribution in [-0.4, -0.2) is 45.0 Å². The maximum Gasteiger partial charge on any atom is 0.253 e. The summed E-state index contributed by atoms with van der Waals surface area (Å²) in [5, 5.41) is 0. The molecule has 7 heteroatoms. The second kappa shape index (κ2) is 9.41. The van der Waals surface area contributed by atoms with Gasteiger partial charge in [-0.3, -0.25) is 4.79 Å². The van der Waals surface area contributed by atoms with Crippen molar-refractivity contribution in [1.29, 1.82) is 0 Å². The topological polar surface area (TPSA) is 75.7 Å². The molecule has 2 aromatic rings. The van der Waals surface area contributed by atoms with Crippen molar-refractivity contribution in [1.82, 2.24) is 9.62 Å². The second-order valence-corrected chi connectivity index (χ2v) is 8.86. The third-order valence-corrected chi connectivity index (χ3v) is 6.69. The van der Waals surface area contributed by atoms with Gasteiger partial charge in [-0.2, -0.15) is 0 Å². The molecule has 0 unspecified atom stereocenters. The molecule has 1 N–H and O–H groups in total. The Balaban J connectivity index is 1.56. The Hall–Kier alpha value is -2.38. The van der Waals surface area contributed by atoms with Crippen LogP contribution < -0.4 is 9.46 Å². The molecular formula is C22H28N2O4S. The molecule has 1 saturated heterocycles. The van der Waals surface area contributed by atoms with Gasteiger partial charge in [0.2, 0.25) is 10.0 Å². The van der Waals surface area contributed by atoms with Crippen LogP contribution in [0.15, 0.2) is 53.4 Å². The summed E-state index contributed by atoms with van der Waals surface area (Å²) in [4.78, 5) is 14.7. The summed E-state index contributed by atoms with van der Waals surface area (Å²) in [7, 11) is -3.55. The van der Waals surface area contributed by atoms with Crippen LogP contribution in [0.25, 0.3) is 0 Å². The third-order valence-electron chi connectivity index (χ3n) is 5.16. The van der Waals surface area contributed by atoms with Gasteiger partial charge in [0, 0.05) is 24.7 Å². The Morgan fingerprint density at radius 3 is 2.21 bits per heavy atom. The lowest BCUT2D eigenvalue weighted by molar-refractivity contribution is 0.0711. The molecule has 2 aromatic carbocycles. The zero-order valence-electron chi connectivity index (χ0n) is 16.9. The van der Waals surface area contributed by atoms with E-state index in [0.717, 1.165) is 17.7 Å². The van der Waals surface area contributed by atoms with E-state index in [9.17, 15) is 13.2 Å². The summed E-state index contributed by atoms with van der Waals surface area (Å²) >= 11 is 0. The van der Waals surface area contributed by atoms with Crippen molar-refractivity contribution in [3.8, 4) is 5.75 Å². The van der Waals surface area contributed by atoms with Gasteiger partial charge in [-0.1, -0.05) is 19.1 Å². The van der Waals surface area contributed by atoms with Gasteiger partial charge in [-0.05, 0) is 68.1 Å². The molecule has 0 radical (unpaired) electrons. The summed E-state index contributed by atoms with van der Waals surface area (Å²) in [6.45, 7) is 5.57. The number of ether oxygens (including phenoxy) is 1. The average Bonchev–Trinajstić information content (AvgIpc) is 2.74. The number of carbonyl (C=O) groups is 1. The van der Waals surface area contributed by atoms with Crippen LogP contribution in [0.1, 0.15) is 42.6 Å². The Bertz CT molecular complexity index is 916. The number of carbonyl (C=O) groups excluding carboxylic acids is 1. The number of piperidine rings is 1. The van der Waals surface area contributed by atoms with Gasteiger partial charge < -0.3 is 9.64 Å². The molecular weight excluding hydrogens is 388 g/mol. The van der Waals surface area contributed by atoms with Crippen LogP contribution in [0, 0.1) is 0 Å². The number of amides is 1. The van der Waals surface area contributed by atoms with Gasteiger partial charge in [0.1, 0.15) is 5.75 Å². The molecule has 6 nitrogen and oxygen atoms in total. The highest BCUT2D eigenvalue weighted by atomic mass is 32.2. The van der Waals surface area contributed by atoms with E-state index in [1.54, 1.807) is 41.3 Å². The van der Waals surface area contributed by atoms with E-state index in [0.29, 0.717) is 38.1 Å². The number of nitrogens with zero attached hydrogens (tertiary/aromatic N) is 1. The smallest absolute Gasteiger partial charge is 0.253 e. The van der Waals surface area contributed by atoms with E-state index in [1.165, 1.54) is 0 Å². The number of sulfonamides is 1. The first-order valence-electron chi connectivity index (χ1n) is 10.1. The van der Waals surface area contributed by atoms with Gasteiger partial charge in [-0.15, -0.1) is 0 Å². The number of likely N-dealkylation sites (tertiary alicyclic amines) is 1. The lowest BCUT2D eigenvalue weighted by atomic mass is 10.0. The van der Waals surface area contributed by atoms with Crippen molar-refractivity contribution >= 4 is 15.9 Å². The Labute approximate surface area is 172 Å². The van der Waals surface area contributed by atoms with Crippen LogP contribution in [0.5, 0.6) is 5.75 Å². The van der Waals surface area contributed by atoms with Crippen molar-refractivity contribution in [2.75, 3.05) is 19.7 Å². The predicted octanol–water partition coefficient (Wildman–Crippen LogP) is 3.23. The van der Waals surface area contributed by atoms with Gasteiger partial charge in [0.05, 0.1) is 11.5 Å². The molecule has 0 aliphatic carbocycles. The van der Waals surface area contributed by atoms with E-state index in [-0.39, 0.29) is 16.8 Å². The second-order valence-electron chi connectivity index (χ2n) is 7.14. The van der Waals surface area contributed by atoms with E-state index in [4.69, 9.17) is 4.74 Å². The fraction of sp³-hybridized carbons (Fsp3) is 0.409. The van der Waals surface area contributed by atoms with E-state index < -0.39 is 10.0 Å². The first-order valence-corrected chi connectivity index (χ1v) is 11.5. The van der Waals surface area contributed by atoms with Crippen molar-refractivity contribution < 1.29 is 17.9 Å². The first kappa shape index (κ1) is 21.3. The average molecular weight is 417 g/mol. The van der Waals surface area contributed by atoms with Crippen LogP contribution in [0.4, 0.5) is 0 Å². The first-order chi connectivity index (χ1) is 13.9. The fourth-order valence-corrected chi connectivity index (χ4v) is 4.74. The standard InChI is InChI=1S/C22H28N2O4S/c1-3-17-5-11-21(12-6-17)29(26,27)23-19-13-15-24(16-14-19)22(25)18-7-9-20(10-8-18)28-4-2/h5-12,19,23H,3-4,13-16H2,1-2H3. The largest absolute Gasteiger partial charge is 0.494 e. The third kappa shape index (κ3) is 5.36. The minimum atomic E-state index is -3.55. The molecule has 0 saturated carbocycles. The summed E-state index contributed by atoms with van der Waals surface area (Å²) < 4.78 is 33.4. The van der Waals surface area contributed by atoms with Crippen LogP contribution in [0.2, 0.25) is 0 Å². The molecule has 0 spiro atoms. The molecule has 1 heterocycles.